The number of sulfonamides is 1. The average molecular weight is 332 g/mol. The van der Waals surface area contributed by atoms with Crippen molar-refractivity contribution in [3.63, 3.8) is 0 Å². The van der Waals surface area contributed by atoms with Crippen LogP contribution >= 0.6 is 0 Å². The predicted molar refractivity (Wildman–Crippen MR) is 89.7 cm³/mol. The molecule has 0 N–H and O–H groups in total. The Hall–Kier alpha value is -2.08. The fourth-order valence-corrected chi connectivity index (χ4v) is 4.32. The summed E-state index contributed by atoms with van der Waals surface area (Å²) in [5, 5.41) is 4.38. The molecule has 0 amide bonds. The molecule has 2 heterocycles. The number of nitrogens with zero attached hydrogens (tertiary/aromatic N) is 2. The van der Waals surface area contributed by atoms with Gasteiger partial charge in [0, 0.05) is 6.42 Å². The van der Waals surface area contributed by atoms with Gasteiger partial charge in [0.1, 0.15) is 11.5 Å². The molecule has 1 aliphatic heterocycles. The highest BCUT2D eigenvalue weighted by molar-refractivity contribution is 7.89. The van der Waals surface area contributed by atoms with E-state index < -0.39 is 10.0 Å². The third kappa shape index (κ3) is 3.17. The van der Waals surface area contributed by atoms with Crippen molar-refractivity contribution in [1.29, 1.82) is 0 Å². The third-order valence-electron chi connectivity index (χ3n) is 3.85. The molecule has 122 valence electrons. The summed E-state index contributed by atoms with van der Waals surface area (Å²) in [6.45, 7) is 3.85. The third-order valence-corrected chi connectivity index (χ3v) is 5.68. The maximum atomic E-state index is 12.6. The number of rotatable bonds is 5. The van der Waals surface area contributed by atoms with Gasteiger partial charge < -0.3 is 4.42 Å². The van der Waals surface area contributed by atoms with Gasteiger partial charge in [-0.3, -0.25) is 0 Å². The van der Waals surface area contributed by atoms with E-state index in [1.165, 1.54) is 4.41 Å². The molecular formula is C17H20N2O3S. The summed E-state index contributed by atoms with van der Waals surface area (Å²) in [6, 6.07) is 11.2. The van der Waals surface area contributed by atoms with Gasteiger partial charge in [0.2, 0.25) is 10.0 Å². The Morgan fingerprint density at radius 1 is 1.30 bits per heavy atom. The quantitative estimate of drug-likeness (QED) is 0.842. The molecule has 0 unspecified atom stereocenters. The lowest BCUT2D eigenvalue weighted by Crippen LogP contribution is -2.29. The molecule has 0 bridgehead atoms. The number of benzene rings is 1. The number of furan rings is 1. The summed E-state index contributed by atoms with van der Waals surface area (Å²) in [5.41, 5.74) is 2.72. The van der Waals surface area contributed by atoms with Crippen LogP contribution < -0.4 is 0 Å². The Labute approximate surface area is 136 Å². The van der Waals surface area contributed by atoms with Crippen LogP contribution in [0.25, 0.3) is 0 Å². The van der Waals surface area contributed by atoms with E-state index in [1.807, 2.05) is 44.2 Å². The van der Waals surface area contributed by atoms with Crippen LogP contribution in [0.3, 0.4) is 0 Å². The Morgan fingerprint density at radius 2 is 2.13 bits per heavy atom. The summed E-state index contributed by atoms with van der Waals surface area (Å²) in [4.78, 5) is 0. The van der Waals surface area contributed by atoms with Crippen LogP contribution in [-0.2, 0) is 10.0 Å². The minimum Gasteiger partial charge on any atom is -0.463 e. The summed E-state index contributed by atoms with van der Waals surface area (Å²) >= 11 is 0. The maximum absolute atomic E-state index is 12.6. The van der Waals surface area contributed by atoms with Crippen molar-refractivity contribution in [1.82, 2.24) is 4.41 Å². The maximum Gasteiger partial charge on any atom is 0.250 e. The molecule has 6 heteroatoms. The minimum atomic E-state index is -3.44. The zero-order valence-electron chi connectivity index (χ0n) is 13.3. The molecule has 0 aliphatic carbocycles. The van der Waals surface area contributed by atoms with Crippen molar-refractivity contribution in [3.05, 3.63) is 59.5 Å². The fraction of sp³-hybridized carbons (Fsp3) is 0.353. The van der Waals surface area contributed by atoms with E-state index in [1.54, 1.807) is 12.3 Å². The second kappa shape index (κ2) is 6.20. The first-order valence-electron chi connectivity index (χ1n) is 7.71. The molecule has 0 saturated heterocycles. The average Bonchev–Trinajstić information content (AvgIpc) is 3.17. The first-order valence-corrected chi connectivity index (χ1v) is 9.32. The van der Waals surface area contributed by atoms with E-state index in [0.717, 1.165) is 11.1 Å². The fourth-order valence-electron chi connectivity index (χ4n) is 2.81. The number of aryl methyl sites for hydroxylation is 1. The molecule has 0 fully saturated rings. The molecule has 0 spiro atoms. The van der Waals surface area contributed by atoms with Gasteiger partial charge in [-0.1, -0.05) is 36.8 Å². The highest BCUT2D eigenvalue weighted by atomic mass is 32.2. The van der Waals surface area contributed by atoms with Crippen molar-refractivity contribution in [2.24, 2.45) is 5.10 Å². The molecular weight excluding hydrogens is 312 g/mol. The summed E-state index contributed by atoms with van der Waals surface area (Å²) < 4.78 is 31.9. The first-order chi connectivity index (χ1) is 11.0. The van der Waals surface area contributed by atoms with Crippen LogP contribution in [0.1, 0.15) is 42.7 Å². The Morgan fingerprint density at radius 3 is 2.78 bits per heavy atom. The number of hydrogen-bond acceptors (Lipinski definition) is 4. The van der Waals surface area contributed by atoms with Crippen molar-refractivity contribution >= 4 is 15.7 Å². The van der Waals surface area contributed by atoms with Crippen LogP contribution in [0.15, 0.2) is 52.2 Å². The van der Waals surface area contributed by atoms with Crippen molar-refractivity contribution < 1.29 is 12.8 Å². The van der Waals surface area contributed by atoms with Gasteiger partial charge in [-0.05, 0) is 31.0 Å². The lowest BCUT2D eigenvalue weighted by Gasteiger charge is -2.23. The van der Waals surface area contributed by atoms with E-state index in [-0.39, 0.29) is 11.8 Å². The van der Waals surface area contributed by atoms with Crippen LogP contribution in [-0.4, -0.2) is 24.3 Å². The molecule has 3 rings (SSSR count). The molecule has 0 saturated carbocycles. The summed E-state index contributed by atoms with van der Waals surface area (Å²) in [7, 11) is -3.44. The van der Waals surface area contributed by atoms with Crippen molar-refractivity contribution in [3.8, 4) is 0 Å². The second-order valence-electron chi connectivity index (χ2n) is 5.75. The van der Waals surface area contributed by atoms with E-state index in [0.29, 0.717) is 24.3 Å². The first kappa shape index (κ1) is 15.8. The number of hydrazone groups is 1. The Kier molecular flexibility index (Phi) is 4.26. The predicted octanol–water partition coefficient (Wildman–Crippen LogP) is 3.48. The Bertz CT molecular complexity index is 810. The molecule has 1 aliphatic rings. The van der Waals surface area contributed by atoms with Crippen LogP contribution in [0.4, 0.5) is 0 Å². The van der Waals surface area contributed by atoms with Gasteiger partial charge in [0.05, 0.1) is 18.1 Å². The van der Waals surface area contributed by atoms with Gasteiger partial charge in [-0.25, -0.2) is 8.42 Å². The van der Waals surface area contributed by atoms with E-state index in [4.69, 9.17) is 4.42 Å². The summed E-state index contributed by atoms with van der Waals surface area (Å²) in [5.74, 6) is 0.710. The molecule has 1 aromatic carbocycles. The van der Waals surface area contributed by atoms with Gasteiger partial charge in [-0.15, -0.1) is 0 Å². The Balaban J connectivity index is 2.01. The zero-order chi connectivity index (χ0) is 16.4. The van der Waals surface area contributed by atoms with Gasteiger partial charge in [0.25, 0.3) is 0 Å². The van der Waals surface area contributed by atoms with Crippen LogP contribution in [0.2, 0.25) is 0 Å². The largest absolute Gasteiger partial charge is 0.463 e. The molecule has 0 radical (unpaired) electrons. The number of hydrogen-bond donors (Lipinski definition) is 0. The van der Waals surface area contributed by atoms with Gasteiger partial charge in [-0.2, -0.15) is 9.52 Å². The van der Waals surface area contributed by atoms with E-state index >= 15 is 0 Å². The van der Waals surface area contributed by atoms with E-state index in [9.17, 15) is 8.42 Å². The highest BCUT2D eigenvalue weighted by Crippen LogP contribution is 2.35. The van der Waals surface area contributed by atoms with Crippen LogP contribution in [0.5, 0.6) is 0 Å². The van der Waals surface area contributed by atoms with E-state index in [2.05, 4.69) is 5.10 Å². The van der Waals surface area contributed by atoms with Crippen molar-refractivity contribution in [2.45, 2.75) is 32.7 Å². The standard InChI is InChI=1S/C17H20N2O3S/c1-3-10-23(20,21)19-16(14-7-4-6-13(2)11-14)12-15(18-19)17-8-5-9-22-17/h4-9,11,16H,3,10,12H2,1-2H3/t16-/m0/s1. The molecule has 1 aromatic heterocycles. The molecule has 23 heavy (non-hydrogen) atoms. The van der Waals surface area contributed by atoms with Crippen molar-refractivity contribution in [2.75, 3.05) is 5.75 Å². The highest BCUT2D eigenvalue weighted by Gasteiger charge is 2.36. The SMILES string of the molecule is CCCS(=O)(=O)N1N=C(c2ccco2)C[C@H]1c1cccc(C)c1. The smallest absolute Gasteiger partial charge is 0.250 e. The van der Waals surface area contributed by atoms with Crippen LogP contribution in [0, 0.1) is 6.92 Å². The minimum absolute atomic E-state index is 0.0876. The lowest BCUT2D eigenvalue weighted by molar-refractivity contribution is 0.371. The van der Waals surface area contributed by atoms with Gasteiger partial charge in [0.15, 0.2) is 0 Å². The zero-order valence-corrected chi connectivity index (χ0v) is 14.1. The summed E-state index contributed by atoms with van der Waals surface area (Å²) in [6.07, 6.45) is 2.65. The molecule has 1 atom stereocenters. The normalized spacial score (nSPS) is 18.3. The van der Waals surface area contributed by atoms with Gasteiger partial charge >= 0.3 is 0 Å². The topological polar surface area (TPSA) is 62.9 Å². The lowest BCUT2D eigenvalue weighted by atomic mass is 10.0. The second-order valence-corrected chi connectivity index (χ2v) is 7.69. The monoisotopic (exact) mass is 332 g/mol. The molecule has 5 nitrogen and oxygen atoms in total. The molecule has 2 aromatic rings.